The van der Waals surface area contributed by atoms with E-state index in [4.69, 9.17) is 0 Å². The molecule has 0 radical (unpaired) electrons. The van der Waals surface area contributed by atoms with E-state index in [1.807, 2.05) is 0 Å². The summed E-state index contributed by atoms with van der Waals surface area (Å²) in [5, 5.41) is 5.57. The average molecular weight is 303 g/mol. The zero-order valence-electron chi connectivity index (χ0n) is 12.7. The molecule has 2 rings (SSSR count). The third-order valence-electron chi connectivity index (χ3n) is 3.64. The highest BCUT2D eigenvalue weighted by atomic mass is 16.2. The maximum atomic E-state index is 11.8. The van der Waals surface area contributed by atoms with Crippen molar-refractivity contribution in [3.05, 3.63) is 29.8 Å². The van der Waals surface area contributed by atoms with Gasteiger partial charge >= 0.3 is 0 Å². The third-order valence-corrected chi connectivity index (χ3v) is 3.64. The van der Waals surface area contributed by atoms with Crippen molar-refractivity contribution in [1.82, 2.24) is 10.2 Å². The standard InChI is InChI=1S/C16H21N3O3/c1-12(20)13-4-6-14(7-5-13)17-10-15(21)18-11-16(22)19-8-2-3-9-19/h4-7,17H,2-3,8-11H2,1H3,(H,18,21). The summed E-state index contributed by atoms with van der Waals surface area (Å²) in [6.45, 7) is 3.22. The van der Waals surface area contributed by atoms with Crippen molar-refractivity contribution >= 4 is 23.3 Å². The summed E-state index contributed by atoms with van der Waals surface area (Å²) in [7, 11) is 0. The van der Waals surface area contributed by atoms with Gasteiger partial charge in [0.05, 0.1) is 13.1 Å². The van der Waals surface area contributed by atoms with Gasteiger partial charge in [-0.2, -0.15) is 0 Å². The number of carbonyl (C=O) groups is 3. The number of benzene rings is 1. The van der Waals surface area contributed by atoms with Crippen molar-refractivity contribution in [2.24, 2.45) is 0 Å². The normalized spacial score (nSPS) is 13.8. The molecule has 0 unspecified atom stereocenters. The lowest BCUT2D eigenvalue weighted by Crippen LogP contribution is -2.40. The molecular formula is C16H21N3O3. The topological polar surface area (TPSA) is 78.5 Å². The zero-order valence-corrected chi connectivity index (χ0v) is 12.7. The van der Waals surface area contributed by atoms with Gasteiger partial charge in [-0.15, -0.1) is 0 Å². The molecule has 0 spiro atoms. The molecule has 118 valence electrons. The van der Waals surface area contributed by atoms with E-state index in [9.17, 15) is 14.4 Å². The van der Waals surface area contributed by atoms with E-state index in [2.05, 4.69) is 10.6 Å². The third kappa shape index (κ3) is 4.58. The molecule has 2 amide bonds. The first-order valence-electron chi connectivity index (χ1n) is 7.45. The second-order valence-electron chi connectivity index (χ2n) is 5.35. The molecule has 6 heteroatoms. The molecule has 0 aromatic heterocycles. The van der Waals surface area contributed by atoms with Gasteiger partial charge in [0.1, 0.15) is 0 Å². The first kappa shape index (κ1) is 16.0. The number of ketones is 1. The number of anilines is 1. The van der Waals surface area contributed by atoms with E-state index >= 15 is 0 Å². The van der Waals surface area contributed by atoms with Crippen LogP contribution in [0.25, 0.3) is 0 Å². The summed E-state index contributed by atoms with van der Waals surface area (Å²) in [4.78, 5) is 36.4. The minimum Gasteiger partial charge on any atom is -0.376 e. The Hall–Kier alpha value is -2.37. The largest absolute Gasteiger partial charge is 0.376 e. The zero-order chi connectivity index (χ0) is 15.9. The number of nitrogens with one attached hydrogen (secondary N) is 2. The van der Waals surface area contributed by atoms with Crippen LogP contribution in [0, 0.1) is 0 Å². The fraction of sp³-hybridized carbons (Fsp3) is 0.438. The highest BCUT2D eigenvalue weighted by Gasteiger charge is 2.17. The molecular weight excluding hydrogens is 282 g/mol. The molecule has 0 bridgehead atoms. The molecule has 1 aliphatic rings. The number of amides is 2. The second kappa shape index (κ2) is 7.59. The molecule has 1 aromatic rings. The number of Topliss-reactive ketones (excluding diaryl/α,β-unsaturated/α-hetero) is 1. The van der Waals surface area contributed by atoms with E-state index < -0.39 is 0 Å². The number of hydrogen-bond donors (Lipinski definition) is 2. The van der Waals surface area contributed by atoms with Crippen LogP contribution in [-0.2, 0) is 9.59 Å². The maximum absolute atomic E-state index is 11.8. The van der Waals surface area contributed by atoms with E-state index in [1.165, 1.54) is 6.92 Å². The van der Waals surface area contributed by atoms with Crippen LogP contribution in [-0.4, -0.2) is 48.7 Å². The lowest BCUT2D eigenvalue weighted by Gasteiger charge is -2.15. The fourth-order valence-corrected chi connectivity index (χ4v) is 2.32. The highest BCUT2D eigenvalue weighted by molar-refractivity contribution is 5.94. The molecule has 22 heavy (non-hydrogen) atoms. The van der Waals surface area contributed by atoms with E-state index in [0.717, 1.165) is 31.6 Å². The number of hydrogen-bond acceptors (Lipinski definition) is 4. The van der Waals surface area contributed by atoms with Crippen LogP contribution in [0.4, 0.5) is 5.69 Å². The molecule has 6 nitrogen and oxygen atoms in total. The molecule has 1 fully saturated rings. The Kier molecular flexibility index (Phi) is 5.52. The van der Waals surface area contributed by atoms with E-state index in [-0.39, 0.29) is 30.7 Å². The first-order chi connectivity index (χ1) is 10.6. The van der Waals surface area contributed by atoms with Crippen LogP contribution < -0.4 is 10.6 Å². The minimum atomic E-state index is -0.233. The quantitative estimate of drug-likeness (QED) is 0.770. The fourth-order valence-electron chi connectivity index (χ4n) is 2.32. The Labute approximate surface area is 129 Å². The molecule has 1 aliphatic heterocycles. The predicted octanol–water partition coefficient (Wildman–Crippen LogP) is 1.04. The molecule has 2 N–H and O–H groups in total. The maximum Gasteiger partial charge on any atom is 0.241 e. The van der Waals surface area contributed by atoms with Crippen LogP contribution >= 0.6 is 0 Å². The molecule has 1 heterocycles. The molecule has 1 saturated heterocycles. The van der Waals surface area contributed by atoms with E-state index in [0.29, 0.717) is 5.56 Å². The Morgan fingerprint density at radius 2 is 1.68 bits per heavy atom. The van der Waals surface area contributed by atoms with Gasteiger partial charge in [-0.3, -0.25) is 14.4 Å². The van der Waals surface area contributed by atoms with Gasteiger partial charge in [0.15, 0.2) is 5.78 Å². The number of rotatable bonds is 6. The van der Waals surface area contributed by atoms with Gasteiger partial charge in [0.25, 0.3) is 0 Å². The predicted molar refractivity (Wildman–Crippen MR) is 83.8 cm³/mol. The van der Waals surface area contributed by atoms with Crippen LogP contribution in [0.3, 0.4) is 0 Å². The van der Waals surface area contributed by atoms with Crippen LogP contribution in [0.2, 0.25) is 0 Å². The lowest BCUT2D eigenvalue weighted by atomic mass is 10.1. The summed E-state index contributed by atoms with van der Waals surface area (Å²) in [5.41, 5.74) is 1.39. The number of carbonyl (C=O) groups excluding carboxylic acids is 3. The van der Waals surface area contributed by atoms with Gasteiger partial charge in [0, 0.05) is 24.3 Å². The average Bonchev–Trinajstić information content (AvgIpc) is 3.05. The van der Waals surface area contributed by atoms with Gasteiger partial charge in [0.2, 0.25) is 11.8 Å². The van der Waals surface area contributed by atoms with Crippen molar-refractivity contribution in [2.45, 2.75) is 19.8 Å². The Balaban J connectivity index is 1.70. The summed E-state index contributed by atoms with van der Waals surface area (Å²) in [6.07, 6.45) is 2.08. The first-order valence-corrected chi connectivity index (χ1v) is 7.45. The van der Waals surface area contributed by atoms with E-state index in [1.54, 1.807) is 29.2 Å². The summed E-state index contributed by atoms with van der Waals surface area (Å²) < 4.78 is 0. The monoisotopic (exact) mass is 303 g/mol. The smallest absolute Gasteiger partial charge is 0.241 e. The SMILES string of the molecule is CC(=O)c1ccc(NCC(=O)NCC(=O)N2CCCC2)cc1. The Bertz CT molecular complexity index is 548. The second-order valence-corrected chi connectivity index (χ2v) is 5.35. The van der Waals surface area contributed by atoms with Crippen molar-refractivity contribution in [1.29, 1.82) is 0 Å². The van der Waals surface area contributed by atoms with Crippen LogP contribution in [0.5, 0.6) is 0 Å². The van der Waals surface area contributed by atoms with Crippen molar-refractivity contribution in [3.63, 3.8) is 0 Å². The van der Waals surface area contributed by atoms with Crippen molar-refractivity contribution in [2.75, 3.05) is 31.5 Å². The lowest BCUT2D eigenvalue weighted by molar-refractivity contribution is -0.131. The van der Waals surface area contributed by atoms with Crippen LogP contribution in [0.15, 0.2) is 24.3 Å². The number of nitrogens with zero attached hydrogens (tertiary/aromatic N) is 1. The number of likely N-dealkylation sites (tertiary alicyclic amines) is 1. The Morgan fingerprint density at radius 1 is 1.05 bits per heavy atom. The minimum absolute atomic E-state index is 0.00437. The molecule has 1 aromatic carbocycles. The van der Waals surface area contributed by atoms with Gasteiger partial charge in [-0.25, -0.2) is 0 Å². The molecule has 0 aliphatic carbocycles. The summed E-state index contributed by atoms with van der Waals surface area (Å²) >= 11 is 0. The van der Waals surface area contributed by atoms with Gasteiger partial charge in [-0.1, -0.05) is 0 Å². The summed E-state index contributed by atoms with van der Waals surface area (Å²) in [5.74, 6) is -0.260. The van der Waals surface area contributed by atoms with Crippen molar-refractivity contribution in [3.8, 4) is 0 Å². The Morgan fingerprint density at radius 3 is 2.27 bits per heavy atom. The van der Waals surface area contributed by atoms with Gasteiger partial charge in [-0.05, 0) is 44.0 Å². The highest BCUT2D eigenvalue weighted by Crippen LogP contribution is 2.09. The summed E-state index contributed by atoms with van der Waals surface area (Å²) in [6, 6.07) is 6.91. The molecule has 0 saturated carbocycles. The van der Waals surface area contributed by atoms with Crippen LogP contribution in [0.1, 0.15) is 30.1 Å². The van der Waals surface area contributed by atoms with Crippen molar-refractivity contribution < 1.29 is 14.4 Å². The van der Waals surface area contributed by atoms with Gasteiger partial charge < -0.3 is 15.5 Å². The molecule has 0 atom stereocenters.